The molecule has 2 rings (SSSR count). The highest BCUT2D eigenvalue weighted by Crippen LogP contribution is 2.32. The van der Waals surface area contributed by atoms with Crippen LogP contribution in [0, 0.1) is 0 Å². The smallest absolute Gasteiger partial charge is 0.238 e. The van der Waals surface area contributed by atoms with Gasteiger partial charge in [-0.2, -0.15) is 0 Å². The normalized spacial score (nSPS) is 11.5. The first-order valence-electron chi connectivity index (χ1n) is 5.17. The lowest BCUT2D eigenvalue weighted by Crippen LogP contribution is -2.11. The van der Waals surface area contributed by atoms with Crippen LogP contribution in [-0.4, -0.2) is 8.42 Å². The van der Waals surface area contributed by atoms with Crippen molar-refractivity contribution < 1.29 is 8.42 Å². The summed E-state index contributed by atoms with van der Waals surface area (Å²) in [5, 5.41) is 8.25. The van der Waals surface area contributed by atoms with Crippen LogP contribution in [0.5, 0.6) is 0 Å². The topological polar surface area (TPSA) is 72.2 Å². The lowest BCUT2D eigenvalue weighted by atomic mass is 10.3. The van der Waals surface area contributed by atoms with Gasteiger partial charge in [-0.1, -0.05) is 0 Å². The fraction of sp³-hybridized carbons (Fsp3) is 0.0909. The first-order valence-corrected chi connectivity index (χ1v) is 9.11. The summed E-state index contributed by atoms with van der Waals surface area (Å²) in [5.74, 6) is 0. The molecule has 0 aliphatic rings. The van der Waals surface area contributed by atoms with Gasteiger partial charge in [-0.3, -0.25) is 0 Å². The Morgan fingerprint density at radius 1 is 1.21 bits per heavy atom. The van der Waals surface area contributed by atoms with E-state index < -0.39 is 10.0 Å². The van der Waals surface area contributed by atoms with Gasteiger partial charge < -0.3 is 5.32 Å². The van der Waals surface area contributed by atoms with Gasteiger partial charge in [0.1, 0.15) is 0 Å². The van der Waals surface area contributed by atoms with E-state index in [-0.39, 0.29) is 4.90 Å². The van der Waals surface area contributed by atoms with Crippen molar-refractivity contribution in [2.45, 2.75) is 11.4 Å². The molecule has 1 aromatic heterocycles. The molecule has 0 aliphatic carbocycles. The van der Waals surface area contributed by atoms with E-state index in [4.69, 9.17) is 5.14 Å². The average Bonchev–Trinajstić information content (AvgIpc) is 2.66. The summed E-state index contributed by atoms with van der Waals surface area (Å²) >= 11 is 8.50. The van der Waals surface area contributed by atoms with Crippen molar-refractivity contribution in [2.75, 3.05) is 5.32 Å². The molecule has 0 radical (unpaired) electrons. The number of primary sulfonamides is 1. The van der Waals surface area contributed by atoms with Crippen LogP contribution in [0.15, 0.2) is 43.5 Å². The van der Waals surface area contributed by atoms with Gasteiger partial charge in [0.25, 0.3) is 0 Å². The fourth-order valence-electron chi connectivity index (χ4n) is 1.43. The quantitative estimate of drug-likeness (QED) is 0.786. The predicted molar refractivity (Wildman–Crippen MR) is 84.9 cm³/mol. The van der Waals surface area contributed by atoms with E-state index in [1.54, 1.807) is 23.5 Å². The van der Waals surface area contributed by atoms with Crippen molar-refractivity contribution in [1.82, 2.24) is 0 Å². The Morgan fingerprint density at radius 2 is 1.84 bits per heavy atom. The third kappa shape index (κ3) is 4.03. The SMILES string of the molecule is NS(=O)(=O)c1ccc(NCc2cc(Br)c(Br)s2)cc1. The zero-order valence-corrected chi connectivity index (χ0v) is 14.4. The number of nitrogens with one attached hydrogen (secondary N) is 1. The Hall–Kier alpha value is -0.410. The number of thiophene rings is 1. The van der Waals surface area contributed by atoms with E-state index in [9.17, 15) is 8.42 Å². The molecule has 0 amide bonds. The van der Waals surface area contributed by atoms with Crippen molar-refractivity contribution >= 4 is 58.9 Å². The molecule has 19 heavy (non-hydrogen) atoms. The fourth-order valence-corrected chi connectivity index (χ4v) is 4.06. The van der Waals surface area contributed by atoms with Crippen molar-refractivity contribution in [3.63, 3.8) is 0 Å². The van der Waals surface area contributed by atoms with E-state index in [1.807, 2.05) is 6.07 Å². The summed E-state index contributed by atoms with van der Waals surface area (Å²) in [4.78, 5) is 1.27. The second-order valence-electron chi connectivity index (χ2n) is 3.76. The Morgan fingerprint density at radius 3 is 2.32 bits per heavy atom. The van der Waals surface area contributed by atoms with E-state index in [1.165, 1.54) is 12.1 Å². The van der Waals surface area contributed by atoms with Crippen molar-refractivity contribution in [2.24, 2.45) is 5.14 Å². The Balaban J connectivity index is 2.04. The number of halogens is 2. The molecule has 0 saturated heterocycles. The molecule has 0 spiro atoms. The number of benzene rings is 1. The number of rotatable bonds is 4. The number of hydrogen-bond donors (Lipinski definition) is 2. The molecular weight excluding hydrogens is 416 g/mol. The van der Waals surface area contributed by atoms with Crippen LogP contribution in [0.2, 0.25) is 0 Å². The van der Waals surface area contributed by atoms with E-state index in [2.05, 4.69) is 37.2 Å². The Kier molecular flexibility index (Phi) is 4.67. The minimum absolute atomic E-state index is 0.111. The summed E-state index contributed by atoms with van der Waals surface area (Å²) in [6.07, 6.45) is 0. The molecule has 102 valence electrons. The Labute approximate surface area is 132 Å². The lowest BCUT2D eigenvalue weighted by Gasteiger charge is -2.05. The number of anilines is 1. The van der Waals surface area contributed by atoms with Crippen LogP contribution < -0.4 is 10.5 Å². The van der Waals surface area contributed by atoms with Crippen LogP contribution in [0.3, 0.4) is 0 Å². The molecule has 0 aliphatic heterocycles. The molecular formula is C11H10Br2N2O2S2. The monoisotopic (exact) mass is 424 g/mol. The molecule has 4 nitrogen and oxygen atoms in total. The highest BCUT2D eigenvalue weighted by Gasteiger charge is 2.07. The van der Waals surface area contributed by atoms with Gasteiger partial charge in [-0.05, 0) is 62.2 Å². The van der Waals surface area contributed by atoms with Gasteiger partial charge in [0.05, 0.1) is 8.68 Å². The van der Waals surface area contributed by atoms with Crippen molar-refractivity contribution in [1.29, 1.82) is 0 Å². The third-order valence-electron chi connectivity index (χ3n) is 2.35. The Bertz CT molecular complexity index is 662. The summed E-state index contributed by atoms with van der Waals surface area (Å²) in [6.45, 7) is 0.670. The molecule has 0 atom stereocenters. The number of hydrogen-bond acceptors (Lipinski definition) is 4. The highest BCUT2D eigenvalue weighted by atomic mass is 79.9. The maximum atomic E-state index is 11.1. The molecule has 8 heteroatoms. The predicted octanol–water partition coefficient (Wildman–Crippen LogP) is 3.53. The van der Waals surface area contributed by atoms with E-state index in [0.717, 1.165) is 18.8 Å². The molecule has 0 saturated carbocycles. The third-order valence-corrected chi connectivity index (χ3v) is 6.53. The van der Waals surface area contributed by atoms with E-state index >= 15 is 0 Å². The molecule has 0 unspecified atom stereocenters. The first kappa shape index (κ1) is 15.0. The number of sulfonamides is 1. The van der Waals surface area contributed by atoms with Crippen LogP contribution in [0.4, 0.5) is 5.69 Å². The van der Waals surface area contributed by atoms with Crippen molar-refractivity contribution in [3.05, 3.63) is 43.5 Å². The molecule has 3 N–H and O–H groups in total. The molecule has 2 aromatic rings. The van der Waals surface area contributed by atoms with Gasteiger partial charge in [0.2, 0.25) is 10.0 Å². The van der Waals surface area contributed by atoms with Crippen LogP contribution >= 0.6 is 43.2 Å². The van der Waals surface area contributed by atoms with Gasteiger partial charge >= 0.3 is 0 Å². The summed E-state index contributed by atoms with van der Waals surface area (Å²) in [7, 11) is -3.63. The highest BCUT2D eigenvalue weighted by molar-refractivity contribution is 9.13. The van der Waals surface area contributed by atoms with Gasteiger partial charge in [-0.15, -0.1) is 11.3 Å². The van der Waals surface area contributed by atoms with Gasteiger partial charge in [-0.25, -0.2) is 13.6 Å². The van der Waals surface area contributed by atoms with Crippen LogP contribution in [0.1, 0.15) is 4.88 Å². The zero-order chi connectivity index (χ0) is 14.0. The van der Waals surface area contributed by atoms with E-state index in [0.29, 0.717) is 6.54 Å². The molecule has 0 fully saturated rings. The first-order chi connectivity index (χ1) is 8.86. The van der Waals surface area contributed by atoms with Crippen LogP contribution in [-0.2, 0) is 16.6 Å². The average molecular weight is 426 g/mol. The standard InChI is InChI=1S/C11H10Br2N2O2S2/c12-10-5-8(18-11(10)13)6-15-7-1-3-9(4-2-7)19(14,16)17/h1-5,15H,6H2,(H2,14,16,17). The van der Waals surface area contributed by atoms with Crippen LogP contribution in [0.25, 0.3) is 0 Å². The maximum absolute atomic E-state index is 11.1. The molecule has 1 heterocycles. The molecule has 0 bridgehead atoms. The summed E-state index contributed by atoms with van der Waals surface area (Å²) in [6, 6.07) is 8.38. The minimum atomic E-state index is -3.63. The zero-order valence-electron chi connectivity index (χ0n) is 9.56. The van der Waals surface area contributed by atoms with Gasteiger partial charge in [0.15, 0.2) is 0 Å². The van der Waals surface area contributed by atoms with Crippen molar-refractivity contribution in [3.8, 4) is 0 Å². The largest absolute Gasteiger partial charge is 0.380 e. The number of nitrogens with two attached hydrogens (primary N) is 1. The minimum Gasteiger partial charge on any atom is -0.380 e. The second-order valence-corrected chi connectivity index (χ2v) is 8.63. The summed E-state index contributed by atoms with van der Waals surface area (Å²) in [5.41, 5.74) is 0.841. The van der Waals surface area contributed by atoms with Gasteiger partial charge in [0, 0.05) is 21.6 Å². The second kappa shape index (κ2) is 5.92. The lowest BCUT2D eigenvalue weighted by molar-refractivity contribution is 0.598. The summed E-state index contributed by atoms with van der Waals surface area (Å²) < 4.78 is 24.3. The maximum Gasteiger partial charge on any atom is 0.238 e. The molecule has 1 aromatic carbocycles.